The van der Waals surface area contributed by atoms with Gasteiger partial charge in [0.05, 0.1) is 12.3 Å². The van der Waals surface area contributed by atoms with Gasteiger partial charge in [-0.05, 0) is 5.56 Å². The SMILES string of the molecule is O=c1[nH]cc(-c2ccccc2CO)[nH]1. The van der Waals surface area contributed by atoms with Crippen LogP contribution < -0.4 is 5.69 Å². The highest BCUT2D eigenvalue weighted by atomic mass is 16.3. The maximum Gasteiger partial charge on any atom is 0.323 e. The molecule has 1 aromatic carbocycles. The van der Waals surface area contributed by atoms with E-state index in [1.165, 1.54) is 0 Å². The molecule has 3 N–H and O–H groups in total. The number of hydrogen-bond donors (Lipinski definition) is 3. The molecule has 0 spiro atoms. The molecule has 0 fully saturated rings. The predicted molar refractivity (Wildman–Crippen MR) is 52.8 cm³/mol. The van der Waals surface area contributed by atoms with Crippen LogP contribution in [0.5, 0.6) is 0 Å². The number of benzene rings is 1. The highest BCUT2D eigenvalue weighted by Crippen LogP contribution is 2.19. The Bertz CT molecular complexity index is 485. The summed E-state index contributed by atoms with van der Waals surface area (Å²) in [5, 5.41) is 9.08. The van der Waals surface area contributed by atoms with E-state index in [-0.39, 0.29) is 12.3 Å². The zero-order valence-corrected chi connectivity index (χ0v) is 7.45. The second-order valence-electron chi connectivity index (χ2n) is 2.97. The lowest BCUT2D eigenvalue weighted by atomic mass is 10.1. The summed E-state index contributed by atoms with van der Waals surface area (Å²) in [5.74, 6) is 0. The van der Waals surface area contributed by atoms with Crippen molar-refractivity contribution in [2.45, 2.75) is 6.61 Å². The topological polar surface area (TPSA) is 68.9 Å². The number of aromatic nitrogens is 2. The molecule has 1 heterocycles. The molecule has 14 heavy (non-hydrogen) atoms. The van der Waals surface area contributed by atoms with Gasteiger partial charge >= 0.3 is 5.69 Å². The quantitative estimate of drug-likeness (QED) is 0.657. The van der Waals surface area contributed by atoms with E-state index in [1.54, 1.807) is 6.20 Å². The maximum atomic E-state index is 10.9. The molecule has 4 heteroatoms. The molecule has 72 valence electrons. The van der Waals surface area contributed by atoms with Gasteiger partial charge in [-0.1, -0.05) is 24.3 Å². The van der Waals surface area contributed by atoms with Crippen molar-refractivity contribution >= 4 is 0 Å². The third kappa shape index (κ3) is 1.47. The van der Waals surface area contributed by atoms with E-state index in [1.807, 2.05) is 24.3 Å². The molecule has 1 aromatic heterocycles. The van der Waals surface area contributed by atoms with Gasteiger partial charge in [0, 0.05) is 11.8 Å². The number of aromatic amines is 2. The minimum absolute atomic E-state index is 0.0383. The van der Waals surface area contributed by atoms with Crippen molar-refractivity contribution in [1.29, 1.82) is 0 Å². The van der Waals surface area contributed by atoms with E-state index in [0.29, 0.717) is 5.69 Å². The Labute approximate surface area is 80.2 Å². The lowest BCUT2D eigenvalue weighted by Crippen LogP contribution is -2.00. The van der Waals surface area contributed by atoms with Crippen LogP contribution in [0.15, 0.2) is 35.3 Å². The van der Waals surface area contributed by atoms with Crippen molar-refractivity contribution in [1.82, 2.24) is 9.97 Å². The number of imidazole rings is 1. The standard InChI is InChI=1S/C10H10N2O2/c13-6-7-3-1-2-4-8(7)9-5-11-10(14)12-9/h1-5,13H,6H2,(H2,11,12,14). The summed E-state index contributed by atoms with van der Waals surface area (Å²) in [4.78, 5) is 16.1. The monoisotopic (exact) mass is 190 g/mol. The zero-order valence-electron chi connectivity index (χ0n) is 7.45. The van der Waals surface area contributed by atoms with E-state index >= 15 is 0 Å². The van der Waals surface area contributed by atoms with Crippen LogP contribution in [0.3, 0.4) is 0 Å². The number of aliphatic hydroxyl groups excluding tert-OH is 1. The molecule has 0 unspecified atom stereocenters. The van der Waals surface area contributed by atoms with Crippen molar-refractivity contribution in [2.75, 3.05) is 0 Å². The van der Waals surface area contributed by atoms with Gasteiger partial charge in [0.15, 0.2) is 0 Å². The zero-order chi connectivity index (χ0) is 9.97. The molecule has 0 bridgehead atoms. The van der Waals surface area contributed by atoms with E-state index in [4.69, 9.17) is 5.11 Å². The summed E-state index contributed by atoms with van der Waals surface area (Å²) >= 11 is 0. The third-order valence-electron chi connectivity index (χ3n) is 2.07. The Morgan fingerprint density at radius 3 is 2.71 bits per heavy atom. The summed E-state index contributed by atoms with van der Waals surface area (Å²) in [6.45, 7) is -0.0383. The van der Waals surface area contributed by atoms with Crippen molar-refractivity contribution in [3.8, 4) is 11.3 Å². The molecule has 0 aliphatic carbocycles. The summed E-state index contributed by atoms with van der Waals surface area (Å²) in [7, 11) is 0. The number of hydrogen-bond acceptors (Lipinski definition) is 2. The molecule has 0 amide bonds. The molecule has 2 rings (SSSR count). The van der Waals surface area contributed by atoms with Gasteiger partial charge in [-0.3, -0.25) is 0 Å². The molecular formula is C10H10N2O2. The molecule has 0 aliphatic rings. The van der Waals surface area contributed by atoms with E-state index in [2.05, 4.69) is 9.97 Å². The molecule has 2 aromatic rings. The maximum absolute atomic E-state index is 10.9. The Morgan fingerprint density at radius 2 is 2.07 bits per heavy atom. The van der Waals surface area contributed by atoms with Gasteiger partial charge in [0.25, 0.3) is 0 Å². The molecule has 0 aliphatic heterocycles. The van der Waals surface area contributed by atoms with Gasteiger partial charge < -0.3 is 15.1 Å². The minimum Gasteiger partial charge on any atom is -0.392 e. The summed E-state index contributed by atoms with van der Waals surface area (Å²) in [5.41, 5.74) is 2.09. The highest BCUT2D eigenvalue weighted by molar-refractivity contribution is 5.62. The van der Waals surface area contributed by atoms with E-state index in [9.17, 15) is 4.79 Å². The fraction of sp³-hybridized carbons (Fsp3) is 0.100. The van der Waals surface area contributed by atoms with Gasteiger partial charge in [-0.2, -0.15) is 0 Å². The molecule has 4 nitrogen and oxygen atoms in total. The Balaban J connectivity index is 2.55. The average molecular weight is 190 g/mol. The molecule has 0 saturated heterocycles. The number of aliphatic hydroxyl groups is 1. The predicted octanol–water partition coefficient (Wildman–Crippen LogP) is 0.862. The number of nitrogens with one attached hydrogen (secondary N) is 2. The highest BCUT2D eigenvalue weighted by Gasteiger charge is 2.04. The first-order valence-electron chi connectivity index (χ1n) is 4.28. The van der Waals surface area contributed by atoms with Gasteiger partial charge in [0.1, 0.15) is 0 Å². The number of rotatable bonds is 2. The van der Waals surface area contributed by atoms with Crippen LogP contribution in [-0.4, -0.2) is 15.1 Å². The average Bonchev–Trinajstić information content (AvgIpc) is 2.65. The van der Waals surface area contributed by atoms with Crippen molar-refractivity contribution in [3.63, 3.8) is 0 Å². The first-order valence-corrected chi connectivity index (χ1v) is 4.28. The summed E-state index contributed by atoms with van der Waals surface area (Å²) in [6, 6.07) is 7.38. The fourth-order valence-corrected chi connectivity index (χ4v) is 1.40. The Morgan fingerprint density at radius 1 is 1.29 bits per heavy atom. The van der Waals surface area contributed by atoms with Gasteiger partial charge in [-0.25, -0.2) is 4.79 Å². The largest absolute Gasteiger partial charge is 0.392 e. The van der Waals surface area contributed by atoms with Crippen molar-refractivity contribution in [2.24, 2.45) is 0 Å². The smallest absolute Gasteiger partial charge is 0.323 e. The minimum atomic E-state index is -0.243. The van der Waals surface area contributed by atoms with Crippen molar-refractivity contribution < 1.29 is 5.11 Å². The third-order valence-corrected chi connectivity index (χ3v) is 2.07. The second-order valence-corrected chi connectivity index (χ2v) is 2.97. The Hall–Kier alpha value is -1.81. The summed E-state index contributed by atoms with van der Waals surface area (Å²) < 4.78 is 0. The lowest BCUT2D eigenvalue weighted by molar-refractivity contribution is 0.282. The van der Waals surface area contributed by atoms with Crippen LogP contribution >= 0.6 is 0 Å². The van der Waals surface area contributed by atoms with Crippen LogP contribution in [0, 0.1) is 0 Å². The van der Waals surface area contributed by atoms with Crippen LogP contribution in [-0.2, 0) is 6.61 Å². The van der Waals surface area contributed by atoms with Gasteiger partial charge in [-0.15, -0.1) is 0 Å². The normalized spacial score (nSPS) is 10.4. The van der Waals surface area contributed by atoms with Crippen LogP contribution in [0.4, 0.5) is 0 Å². The molecule has 0 saturated carbocycles. The van der Waals surface area contributed by atoms with Crippen LogP contribution in [0.25, 0.3) is 11.3 Å². The van der Waals surface area contributed by atoms with Crippen LogP contribution in [0.1, 0.15) is 5.56 Å². The summed E-state index contributed by atoms with van der Waals surface area (Å²) in [6.07, 6.45) is 1.59. The molecule has 0 radical (unpaired) electrons. The van der Waals surface area contributed by atoms with Gasteiger partial charge in [0.2, 0.25) is 0 Å². The fourth-order valence-electron chi connectivity index (χ4n) is 1.40. The first-order chi connectivity index (χ1) is 6.81. The first kappa shape index (κ1) is 8.77. The number of H-pyrrole nitrogens is 2. The molecular weight excluding hydrogens is 180 g/mol. The lowest BCUT2D eigenvalue weighted by Gasteiger charge is -2.03. The Kier molecular flexibility index (Phi) is 2.20. The molecule has 0 atom stereocenters. The second kappa shape index (κ2) is 3.51. The van der Waals surface area contributed by atoms with Crippen LogP contribution in [0.2, 0.25) is 0 Å². The van der Waals surface area contributed by atoms with E-state index in [0.717, 1.165) is 11.1 Å². The van der Waals surface area contributed by atoms with Crippen molar-refractivity contribution in [3.05, 3.63) is 46.5 Å². The van der Waals surface area contributed by atoms with E-state index < -0.39 is 0 Å².